The summed E-state index contributed by atoms with van der Waals surface area (Å²) < 4.78 is 30.1. The summed E-state index contributed by atoms with van der Waals surface area (Å²) >= 11 is 0. The van der Waals surface area contributed by atoms with Gasteiger partial charge in [-0.15, -0.1) is 0 Å². The number of nitrogens with two attached hydrogens (primary N) is 1. The predicted octanol–water partition coefficient (Wildman–Crippen LogP) is 1.55. The van der Waals surface area contributed by atoms with Crippen molar-refractivity contribution < 1.29 is 28.2 Å². The van der Waals surface area contributed by atoms with E-state index >= 15 is 0 Å². The average Bonchev–Trinajstić information content (AvgIpc) is 2.55. The van der Waals surface area contributed by atoms with Gasteiger partial charge >= 0.3 is 0 Å². The normalized spacial score (nSPS) is 12.0. The van der Waals surface area contributed by atoms with Gasteiger partial charge in [-0.1, -0.05) is 18.2 Å². The molecule has 0 aliphatic rings. The minimum absolute atomic E-state index is 0.211. The van der Waals surface area contributed by atoms with Crippen molar-refractivity contribution >= 4 is 21.8 Å². The van der Waals surface area contributed by atoms with Gasteiger partial charge in [0.25, 0.3) is 5.91 Å². The number of hydrogen-bond donors (Lipinski definition) is 3. The van der Waals surface area contributed by atoms with E-state index in [9.17, 15) is 23.4 Å². The first-order valence-electron chi connectivity index (χ1n) is 7.12. The summed E-state index contributed by atoms with van der Waals surface area (Å²) in [6.07, 6.45) is 1.06. The van der Waals surface area contributed by atoms with Crippen molar-refractivity contribution in [3.8, 4) is 17.2 Å². The molecule has 0 radical (unpaired) electrons. The van der Waals surface area contributed by atoms with Crippen LogP contribution >= 0.6 is 0 Å². The quantitative estimate of drug-likeness (QED) is 0.528. The molecule has 4 N–H and O–H groups in total. The lowest BCUT2D eigenvalue weighted by Crippen LogP contribution is -2.22. The second-order valence-electron chi connectivity index (χ2n) is 5.23. The number of hydrogen-bond acceptors (Lipinski definition) is 6. The molecule has 0 aliphatic carbocycles. The second-order valence-corrected chi connectivity index (χ2v) is 7.19. The summed E-state index contributed by atoms with van der Waals surface area (Å²) in [5.41, 5.74) is 5.89. The number of benzene rings is 2. The van der Waals surface area contributed by atoms with Crippen molar-refractivity contribution in [3.05, 3.63) is 58.5 Å². The first-order valence-corrected chi connectivity index (χ1v) is 8.77. The first kappa shape index (κ1) is 18.3. The van der Waals surface area contributed by atoms with Gasteiger partial charge in [-0.3, -0.25) is 4.79 Å². The molecular weight excluding hydrogens is 346 g/mol. The first-order chi connectivity index (χ1) is 11.7. The highest BCUT2D eigenvalue weighted by Gasteiger charge is 2.23. The molecule has 0 fully saturated rings. The van der Waals surface area contributed by atoms with E-state index in [0.29, 0.717) is 11.3 Å². The minimum atomic E-state index is -4.01. The monoisotopic (exact) mass is 363 g/mol. The van der Waals surface area contributed by atoms with Crippen LogP contribution in [0.4, 0.5) is 0 Å². The zero-order chi connectivity index (χ0) is 18.6. The van der Waals surface area contributed by atoms with Gasteiger partial charge in [0.05, 0.1) is 12.9 Å². The maximum atomic E-state index is 12.5. The molecule has 0 atom stereocenters. The number of rotatable bonds is 6. The van der Waals surface area contributed by atoms with Gasteiger partial charge < -0.3 is 20.7 Å². The Kier molecular flexibility index (Phi) is 5.33. The molecule has 0 aromatic heterocycles. The molecule has 0 unspecified atom stereocenters. The molecule has 0 aliphatic heterocycles. The molecular formula is C17H17NO6S. The molecule has 7 nitrogen and oxygen atoms in total. The van der Waals surface area contributed by atoms with Crippen LogP contribution in [0.2, 0.25) is 0 Å². The largest absolute Gasteiger partial charge is 0.504 e. The number of aromatic hydroxyl groups is 2. The Morgan fingerprint density at radius 1 is 1.12 bits per heavy atom. The van der Waals surface area contributed by atoms with Crippen LogP contribution in [0, 0.1) is 0 Å². The van der Waals surface area contributed by atoms with Crippen LogP contribution in [0.25, 0.3) is 6.08 Å². The Morgan fingerprint density at radius 2 is 1.76 bits per heavy atom. The number of amides is 1. The fourth-order valence-corrected chi connectivity index (χ4v) is 3.52. The number of phenols is 2. The van der Waals surface area contributed by atoms with Gasteiger partial charge in [0.1, 0.15) is 10.7 Å². The molecule has 0 saturated heterocycles. The van der Waals surface area contributed by atoms with Gasteiger partial charge in [-0.25, -0.2) is 8.42 Å². The standard InChI is InChI=1S/C17H17NO6S/c1-24-13-5-2-11(3-6-13)10-25(22,23)16(17(18)21)9-12-4-7-14(19)15(20)8-12/h2-9,19-20H,10H2,1H3,(H2,18,21)/b16-9-. The third-order valence-corrected chi connectivity index (χ3v) is 5.09. The van der Waals surface area contributed by atoms with Crippen LogP contribution in [0.1, 0.15) is 11.1 Å². The van der Waals surface area contributed by atoms with E-state index in [2.05, 4.69) is 0 Å². The third-order valence-electron chi connectivity index (χ3n) is 3.39. The molecule has 8 heteroatoms. The molecule has 0 heterocycles. The lowest BCUT2D eigenvalue weighted by Gasteiger charge is -2.08. The van der Waals surface area contributed by atoms with Crippen molar-refractivity contribution in [2.24, 2.45) is 5.73 Å². The van der Waals surface area contributed by atoms with Crippen LogP contribution in [0.5, 0.6) is 17.2 Å². The molecule has 1 amide bonds. The minimum Gasteiger partial charge on any atom is -0.504 e. The Hall–Kier alpha value is -3.00. The Morgan fingerprint density at radius 3 is 2.28 bits per heavy atom. The number of sulfone groups is 1. The molecule has 2 aromatic carbocycles. The molecule has 132 valence electrons. The molecule has 2 rings (SSSR count). The van der Waals surface area contributed by atoms with Crippen molar-refractivity contribution in [2.75, 3.05) is 7.11 Å². The fourth-order valence-electron chi connectivity index (χ4n) is 2.11. The maximum absolute atomic E-state index is 12.5. The lowest BCUT2D eigenvalue weighted by molar-refractivity contribution is -0.113. The van der Waals surface area contributed by atoms with Crippen LogP contribution in [-0.4, -0.2) is 31.6 Å². The molecule has 0 saturated carbocycles. The molecule has 2 aromatic rings. The number of methoxy groups -OCH3 is 1. The zero-order valence-corrected chi connectivity index (χ0v) is 14.2. The van der Waals surface area contributed by atoms with E-state index in [0.717, 1.165) is 12.1 Å². The highest BCUT2D eigenvalue weighted by atomic mass is 32.2. The fraction of sp³-hybridized carbons (Fsp3) is 0.118. The Labute approximate surface area is 144 Å². The summed E-state index contributed by atoms with van der Waals surface area (Å²) in [7, 11) is -2.52. The highest BCUT2D eigenvalue weighted by Crippen LogP contribution is 2.27. The van der Waals surface area contributed by atoms with Gasteiger partial charge in [0, 0.05) is 0 Å². The van der Waals surface area contributed by atoms with Crippen molar-refractivity contribution in [1.82, 2.24) is 0 Å². The molecule has 0 bridgehead atoms. The number of carbonyl (C=O) groups is 1. The van der Waals surface area contributed by atoms with Crippen molar-refractivity contribution in [2.45, 2.75) is 5.75 Å². The molecule has 0 spiro atoms. The number of phenolic OH excluding ortho intramolecular Hbond substituents is 2. The number of primary amides is 1. The maximum Gasteiger partial charge on any atom is 0.260 e. The van der Waals surface area contributed by atoms with Crippen LogP contribution in [-0.2, 0) is 20.4 Å². The van der Waals surface area contributed by atoms with Gasteiger partial charge in [0.15, 0.2) is 21.3 Å². The Balaban J connectivity index is 2.38. The number of ether oxygens (including phenoxy) is 1. The van der Waals surface area contributed by atoms with Crippen LogP contribution < -0.4 is 10.5 Å². The van der Waals surface area contributed by atoms with E-state index in [1.54, 1.807) is 24.3 Å². The van der Waals surface area contributed by atoms with Crippen molar-refractivity contribution in [3.63, 3.8) is 0 Å². The summed E-state index contributed by atoms with van der Waals surface area (Å²) in [5.74, 6) is -1.76. The van der Waals surface area contributed by atoms with Gasteiger partial charge in [0.2, 0.25) is 0 Å². The third kappa shape index (κ3) is 4.51. The van der Waals surface area contributed by atoms with Crippen LogP contribution in [0.3, 0.4) is 0 Å². The second kappa shape index (κ2) is 7.27. The predicted molar refractivity (Wildman–Crippen MR) is 92.6 cm³/mol. The lowest BCUT2D eigenvalue weighted by atomic mass is 10.2. The van der Waals surface area contributed by atoms with Crippen molar-refractivity contribution in [1.29, 1.82) is 0 Å². The smallest absolute Gasteiger partial charge is 0.260 e. The van der Waals surface area contributed by atoms with E-state index in [4.69, 9.17) is 10.5 Å². The van der Waals surface area contributed by atoms with Gasteiger partial charge in [-0.2, -0.15) is 0 Å². The zero-order valence-electron chi connectivity index (χ0n) is 13.3. The summed E-state index contributed by atoms with van der Waals surface area (Å²) in [6.45, 7) is 0. The number of carbonyl (C=O) groups excluding carboxylic acids is 1. The van der Waals surface area contributed by atoms with Crippen LogP contribution in [0.15, 0.2) is 47.4 Å². The van der Waals surface area contributed by atoms with E-state index < -0.39 is 32.2 Å². The van der Waals surface area contributed by atoms with E-state index in [1.807, 2.05) is 0 Å². The SMILES string of the molecule is COc1ccc(CS(=O)(=O)/C(=C\c2ccc(O)c(O)c2)C(N)=O)cc1. The van der Waals surface area contributed by atoms with E-state index in [-0.39, 0.29) is 11.3 Å². The molecule has 25 heavy (non-hydrogen) atoms. The Bertz CT molecular complexity index is 917. The average molecular weight is 363 g/mol. The topological polar surface area (TPSA) is 127 Å². The highest BCUT2D eigenvalue weighted by molar-refractivity contribution is 7.95. The van der Waals surface area contributed by atoms with E-state index in [1.165, 1.54) is 19.2 Å². The summed E-state index contributed by atoms with van der Waals surface area (Å²) in [4.78, 5) is 11.0. The summed E-state index contributed by atoms with van der Waals surface area (Å²) in [5, 5.41) is 18.8. The van der Waals surface area contributed by atoms with Gasteiger partial charge in [-0.05, 0) is 41.5 Å². The summed E-state index contributed by atoms with van der Waals surface area (Å²) in [6, 6.07) is 10.0.